The van der Waals surface area contributed by atoms with Gasteiger partial charge in [0, 0.05) is 34.8 Å². The van der Waals surface area contributed by atoms with E-state index in [2.05, 4.69) is 20.5 Å². The number of phenolic OH excluding ortho intramolecular Hbond substituents is 1. The zero-order valence-electron chi connectivity index (χ0n) is 18.6. The lowest BCUT2D eigenvalue weighted by atomic mass is 9.96. The van der Waals surface area contributed by atoms with Crippen molar-refractivity contribution in [1.29, 1.82) is 0 Å². The minimum absolute atomic E-state index is 0.140. The number of benzene rings is 2. The third kappa shape index (κ3) is 3.02. The second-order valence-corrected chi connectivity index (χ2v) is 11.2. The van der Waals surface area contributed by atoms with E-state index < -0.39 is 9.84 Å². The van der Waals surface area contributed by atoms with Crippen molar-refractivity contribution >= 4 is 27.0 Å². The summed E-state index contributed by atoms with van der Waals surface area (Å²) in [7, 11) is -3.41. The van der Waals surface area contributed by atoms with Gasteiger partial charge < -0.3 is 10.4 Å². The number of hydrogen-bond acceptors (Lipinski definition) is 7. The summed E-state index contributed by atoms with van der Waals surface area (Å²) >= 11 is 0. The van der Waals surface area contributed by atoms with E-state index in [0.717, 1.165) is 12.0 Å². The number of halogens is 1. The molecule has 2 atom stereocenters. The van der Waals surface area contributed by atoms with Crippen LogP contribution in [-0.2, 0) is 16.4 Å². The third-order valence-corrected chi connectivity index (χ3v) is 9.03. The summed E-state index contributed by atoms with van der Waals surface area (Å²) < 4.78 is 41.0. The SMILES string of the molecule is CC1=CS(=O)(=O)c2ccc(-c3cnc(NCc4c(F)ccc(O)c4C4C5CC54)n4cnnc34)cc21. The summed E-state index contributed by atoms with van der Waals surface area (Å²) in [6, 6.07) is 7.87. The molecule has 3 heterocycles. The highest BCUT2D eigenvalue weighted by molar-refractivity contribution is 7.95. The van der Waals surface area contributed by atoms with E-state index >= 15 is 0 Å². The van der Waals surface area contributed by atoms with Gasteiger partial charge in [-0.25, -0.2) is 17.8 Å². The fourth-order valence-corrected chi connectivity index (χ4v) is 6.82. The number of aromatic nitrogens is 4. The van der Waals surface area contributed by atoms with Gasteiger partial charge in [0.25, 0.3) is 0 Å². The maximum Gasteiger partial charge on any atom is 0.210 e. The number of sulfone groups is 1. The van der Waals surface area contributed by atoms with Gasteiger partial charge in [-0.3, -0.25) is 4.40 Å². The Hall–Kier alpha value is -3.79. The van der Waals surface area contributed by atoms with Crippen LogP contribution in [0.3, 0.4) is 0 Å². The van der Waals surface area contributed by atoms with Gasteiger partial charge in [-0.05, 0) is 72.1 Å². The van der Waals surface area contributed by atoms with Crippen molar-refractivity contribution in [3.05, 3.63) is 70.8 Å². The molecule has 2 fully saturated rings. The Morgan fingerprint density at radius 3 is 2.80 bits per heavy atom. The predicted molar refractivity (Wildman–Crippen MR) is 127 cm³/mol. The summed E-state index contributed by atoms with van der Waals surface area (Å²) in [6.45, 7) is 1.93. The number of rotatable bonds is 5. The first-order valence-corrected chi connectivity index (χ1v) is 12.9. The molecule has 0 saturated heterocycles. The first kappa shape index (κ1) is 20.6. The molecule has 2 N–H and O–H groups in total. The van der Waals surface area contributed by atoms with Crippen molar-refractivity contribution in [2.24, 2.45) is 11.8 Å². The van der Waals surface area contributed by atoms with Crippen LogP contribution in [0, 0.1) is 17.7 Å². The molecule has 3 aliphatic rings. The average molecular weight is 490 g/mol. The molecule has 35 heavy (non-hydrogen) atoms. The van der Waals surface area contributed by atoms with Gasteiger partial charge in [0.2, 0.25) is 15.8 Å². The summed E-state index contributed by atoms with van der Waals surface area (Å²) in [6.07, 6.45) is 4.32. The molecule has 7 rings (SSSR count). The fourth-order valence-electron chi connectivity index (χ4n) is 5.32. The Morgan fingerprint density at radius 1 is 1.20 bits per heavy atom. The molecule has 2 aliphatic carbocycles. The number of phenols is 1. The van der Waals surface area contributed by atoms with Gasteiger partial charge in [0.05, 0.1) is 4.90 Å². The molecule has 0 radical (unpaired) electrons. The van der Waals surface area contributed by atoms with Crippen molar-refractivity contribution in [3.8, 4) is 16.9 Å². The number of hydrogen-bond donors (Lipinski definition) is 2. The second kappa shape index (κ2) is 6.88. The van der Waals surface area contributed by atoms with Crippen molar-refractivity contribution in [2.45, 2.75) is 30.7 Å². The summed E-state index contributed by atoms with van der Waals surface area (Å²) in [4.78, 5) is 4.82. The van der Waals surface area contributed by atoms with Gasteiger partial charge in [0.15, 0.2) is 5.65 Å². The van der Waals surface area contributed by atoms with Crippen LogP contribution in [-0.4, -0.2) is 33.1 Å². The smallest absolute Gasteiger partial charge is 0.210 e. The van der Waals surface area contributed by atoms with Crippen molar-refractivity contribution in [2.75, 3.05) is 5.32 Å². The fraction of sp³-hybridized carbons (Fsp3) is 0.240. The molecule has 0 amide bonds. The highest BCUT2D eigenvalue weighted by Crippen LogP contribution is 2.74. The standard InChI is InChI=1S/C25H20FN5O3S/c1-12-10-35(33,34)21-5-2-13(6-14(12)21)17-8-27-25(31-11-29-30-24(17)31)28-9-18-19(26)3-4-20(32)23(18)22-15-7-16(15)22/h2-6,8,10-11,15-16,22,32H,7,9H2,1H3,(H,27,28). The Bertz CT molecular complexity index is 1700. The summed E-state index contributed by atoms with van der Waals surface area (Å²) in [5.41, 5.74) is 4.48. The molecule has 0 spiro atoms. The van der Waals surface area contributed by atoms with Crippen LogP contribution in [0.25, 0.3) is 22.3 Å². The normalized spacial score (nSPS) is 23.0. The topological polar surface area (TPSA) is 109 Å². The number of nitrogens with one attached hydrogen (secondary N) is 1. The molecule has 176 valence electrons. The molecular formula is C25H20FN5O3S. The van der Waals surface area contributed by atoms with Crippen LogP contribution in [0.1, 0.15) is 36.0 Å². The zero-order chi connectivity index (χ0) is 24.1. The average Bonchev–Trinajstić information content (AvgIpc) is 3.67. The van der Waals surface area contributed by atoms with Crippen LogP contribution in [0.15, 0.2) is 53.2 Å². The van der Waals surface area contributed by atoms with Crippen molar-refractivity contribution in [1.82, 2.24) is 19.6 Å². The van der Waals surface area contributed by atoms with Gasteiger partial charge >= 0.3 is 0 Å². The van der Waals surface area contributed by atoms with Crippen LogP contribution in [0.4, 0.5) is 10.3 Å². The van der Waals surface area contributed by atoms with Crippen LogP contribution in [0.5, 0.6) is 5.75 Å². The predicted octanol–water partition coefficient (Wildman–Crippen LogP) is 4.13. The Labute approximate surface area is 200 Å². The van der Waals surface area contributed by atoms with Gasteiger partial charge in [-0.1, -0.05) is 6.07 Å². The lowest BCUT2D eigenvalue weighted by molar-refractivity contribution is 0.459. The molecule has 2 aromatic carbocycles. The van der Waals surface area contributed by atoms with E-state index in [1.807, 2.05) is 6.07 Å². The lowest BCUT2D eigenvalue weighted by Gasteiger charge is -2.16. The molecule has 2 saturated carbocycles. The van der Waals surface area contributed by atoms with E-state index in [9.17, 15) is 17.9 Å². The van der Waals surface area contributed by atoms with Crippen LogP contribution < -0.4 is 5.32 Å². The number of nitrogens with zero attached hydrogens (tertiary/aromatic N) is 4. The minimum atomic E-state index is -3.41. The van der Waals surface area contributed by atoms with Crippen molar-refractivity contribution in [3.63, 3.8) is 0 Å². The molecule has 0 bridgehead atoms. The van der Waals surface area contributed by atoms with Crippen LogP contribution >= 0.6 is 0 Å². The highest BCUT2D eigenvalue weighted by Gasteiger charge is 2.65. The molecular weight excluding hydrogens is 469 g/mol. The number of aromatic hydroxyl groups is 1. The van der Waals surface area contributed by atoms with E-state index in [-0.39, 0.29) is 24.0 Å². The van der Waals surface area contributed by atoms with E-state index in [0.29, 0.717) is 56.2 Å². The molecule has 2 unspecified atom stereocenters. The molecule has 4 aromatic rings. The molecule has 10 heteroatoms. The summed E-state index contributed by atoms with van der Waals surface area (Å²) in [5.74, 6) is 1.61. The second-order valence-electron chi connectivity index (χ2n) is 9.48. The largest absolute Gasteiger partial charge is 0.508 e. The third-order valence-electron chi connectivity index (χ3n) is 7.39. The van der Waals surface area contributed by atoms with Crippen molar-refractivity contribution < 1.29 is 17.9 Å². The Balaban J connectivity index is 1.24. The minimum Gasteiger partial charge on any atom is -0.508 e. The maximum atomic E-state index is 14.7. The van der Waals surface area contributed by atoms with E-state index in [4.69, 9.17) is 0 Å². The van der Waals surface area contributed by atoms with E-state index in [1.54, 1.807) is 29.7 Å². The monoisotopic (exact) mass is 489 g/mol. The van der Waals surface area contributed by atoms with Gasteiger partial charge in [-0.2, -0.15) is 0 Å². The number of anilines is 1. The Morgan fingerprint density at radius 2 is 2.03 bits per heavy atom. The number of fused-ring (bicyclic) bond motifs is 3. The first-order chi connectivity index (χ1) is 16.8. The zero-order valence-corrected chi connectivity index (χ0v) is 19.4. The Kier molecular flexibility index (Phi) is 4.04. The number of allylic oxidation sites excluding steroid dienone is 1. The quantitative estimate of drug-likeness (QED) is 0.434. The molecule has 8 nitrogen and oxygen atoms in total. The lowest BCUT2D eigenvalue weighted by Crippen LogP contribution is -2.11. The summed E-state index contributed by atoms with van der Waals surface area (Å²) in [5, 5.41) is 23.1. The van der Waals surface area contributed by atoms with E-state index in [1.165, 1.54) is 23.9 Å². The molecule has 1 aliphatic heterocycles. The molecule has 2 aromatic heterocycles. The maximum absolute atomic E-state index is 14.7. The first-order valence-electron chi connectivity index (χ1n) is 11.3. The van der Waals surface area contributed by atoms with Crippen LogP contribution in [0.2, 0.25) is 0 Å². The van der Waals surface area contributed by atoms with Gasteiger partial charge in [-0.15, -0.1) is 10.2 Å². The van der Waals surface area contributed by atoms with Gasteiger partial charge in [0.1, 0.15) is 17.9 Å². The highest BCUT2D eigenvalue weighted by atomic mass is 32.2.